The average molecular weight is 474 g/mol. The van der Waals surface area contributed by atoms with Gasteiger partial charge in [0.15, 0.2) is 5.82 Å². The molecule has 0 bridgehead atoms. The molecule has 3 aromatic heterocycles. The zero-order valence-electron chi connectivity index (χ0n) is 19.6. The monoisotopic (exact) mass is 473 g/mol. The zero-order chi connectivity index (χ0) is 24.6. The number of benzene rings is 3. The first kappa shape index (κ1) is 21.5. The minimum Gasteiger partial charge on any atom is -0.361 e. The summed E-state index contributed by atoms with van der Waals surface area (Å²) in [5, 5.41) is 22.0. The maximum atomic E-state index is 11.6. The van der Waals surface area contributed by atoms with Gasteiger partial charge in [0.05, 0.1) is 29.0 Å². The van der Waals surface area contributed by atoms with E-state index in [0.29, 0.717) is 29.4 Å². The van der Waals surface area contributed by atoms with E-state index in [9.17, 15) is 4.79 Å². The molecule has 6 rings (SSSR count). The minimum atomic E-state index is -0.149. The molecule has 3 heterocycles. The first-order valence-corrected chi connectivity index (χ1v) is 11.6. The summed E-state index contributed by atoms with van der Waals surface area (Å²) < 4.78 is 3.79. The lowest BCUT2D eigenvalue weighted by molar-refractivity contribution is -0.114. The van der Waals surface area contributed by atoms with E-state index in [1.54, 1.807) is 0 Å². The highest BCUT2D eigenvalue weighted by molar-refractivity contribution is 5.93. The highest BCUT2D eigenvalue weighted by Gasteiger charge is 2.15. The Labute approximate surface area is 206 Å². The van der Waals surface area contributed by atoms with Crippen LogP contribution in [0.5, 0.6) is 0 Å². The third-order valence-corrected chi connectivity index (χ3v) is 6.29. The second-order valence-electron chi connectivity index (χ2n) is 8.59. The van der Waals surface area contributed by atoms with E-state index in [0.717, 1.165) is 33.1 Å². The molecule has 0 aliphatic heterocycles. The largest absolute Gasteiger partial charge is 0.361 e. The summed E-state index contributed by atoms with van der Waals surface area (Å²) in [5.74, 6) is 0.403. The average Bonchev–Trinajstić information content (AvgIpc) is 3.48. The van der Waals surface area contributed by atoms with Gasteiger partial charge in [-0.05, 0) is 48.0 Å². The molecule has 0 radical (unpaired) electrons. The summed E-state index contributed by atoms with van der Waals surface area (Å²) in [5.41, 5.74) is 6.43. The van der Waals surface area contributed by atoms with Crippen LogP contribution in [0.2, 0.25) is 0 Å². The molecule has 0 saturated heterocycles. The number of H-pyrrole nitrogens is 1. The van der Waals surface area contributed by atoms with Crippen LogP contribution in [-0.2, 0) is 11.3 Å². The Morgan fingerprint density at radius 1 is 0.917 bits per heavy atom. The van der Waals surface area contributed by atoms with E-state index < -0.39 is 0 Å². The van der Waals surface area contributed by atoms with Crippen molar-refractivity contribution < 1.29 is 4.79 Å². The van der Waals surface area contributed by atoms with Gasteiger partial charge in [-0.25, -0.2) is 0 Å². The smallest absolute Gasteiger partial charge is 0.221 e. The van der Waals surface area contributed by atoms with Crippen LogP contribution in [0.15, 0.2) is 91.1 Å². The molecule has 0 fully saturated rings. The van der Waals surface area contributed by atoms with Gasteiger partial charge < -0.3 is 14.9 Å². The molecule has 176 valence electrons. The predicted octanol–water partition coefficient (Wildman–Crippen LogP) is 4.86. The van der Waals surface area contributed by atoms with Crippen molar-refractivity contribution in [3.05, 3.63) is 102 Å². The van der Waals surface area contributed by atoms with Crippen LogP contribution >= 0.6 is 0 Å². The van der Waals surface area contributed by atoms with E-state index in [-0.39, 0.29) is 5.91 Å². The van der Waals surface area contributed by atoms with E-state index in [1.807, 2.05) is 82.1 Å². The third kappa shape index (κ3) is 3.65. The molecule has 3 aromatic carbocycles. The van der Waals surface area contributed by atoms with E-state index in [2.05, 4.69) is 38.7 Å². The molecule has 0 aliphatic carbocycles. The highest BCUT2D eigenvalue weighted by Crippen LogP contribution is 2.27. The van der Waals surface area contributed by atoms with Crippen molar-refractivity contribution in [1.29, 1.82) is 5.41 Å². The molecular weight excluding hydrogens is 450 g/mol. The molecule has 0 saturated carbocycles. The van der Waals surface area contributed by atoms with Gasteiger partial charge in [0.25, 0.3) is 0 Å². The Hall–Kier alpha value is -4.98. The fourth-order valence-corrected chi connectivity index (χ4v) is 4.67. The number of carbonyl (C=O) groups excluding carboxylic acids is 1. The Balaban J connectivity index is 1.44. The van der Waals surface area contributed by atoms with Crippen LogP contribution in [0.4, 0.5) is 5.69 Å². The lowest BCUT2D eigenvalue weighted by Gasteiger charge is -2.09. The quantitative estimate of drug-likeness (QED) is 0.333. The van der Waals surface area contributed by atoms with Crippen molar-refractivity contribution in [3.63, 3.8) is 0 Å². The molecule has 8 heteroatoms. The van der Waals surface area contributed by atoms with Gasteiger partial charge in [0, 0.05) is 29.6 Å². The number of hydrogen-bond donors (Lipinski definition) is 3. The van der Waals surface area contributed by atoms with E-state index in [1.165, 1.54) is 6.92 Å². The number of para-hydroxylation sites is 3. The summed E-state index contributed by atoms with van der Waals surface area (Å²) in [4.78, 5) is 14.9. The SMILES string of the molecule is CC(=O)Nc1ccccc1-c1ccc(-n2c(=N)n(Cc3cccc4[nH]ccc34)c3ccccc32)nn1. The molecule has 0 spiro atoms. The second kappa shape index (κ2) is 8.66. The van der Waals surface area contributed by atoms with Crippen molar-refractivity contribution >= 4 is 33.5 Å². The molecule has 1 amide bonds. The highest BCUT2D eigenvalue weighted by atomic mass is 16.1. The first-order valence-electron chi connectivity index (χ1n) is 11.6. The number of nitrogens with one attached hydrogen (secondary N) is 3. The Morgan fingerprint density at radius 2 is 1.72 bits per heavy atom. The molecule has 3 N–H and O–H groups in total. The summed E-state index contributed by atoms with van der Waals surface area (Å²) in [6, 6.07) is 27.4. The summed E-state index contributed by atoms with van der Waals surface area (Å²) >= 11 is 0. The van der Waals surface area contributed by atoms with E-state index >= 15 is 0 Å². The Bertz CT molecular complexity index is 1790. The summed E-state index contributed by atoms with van der Waals surface area (Å²) in [7, 11) is 0. The number of hydrogen-bond acceptors (Lipinski definition) is 4. The Kier molecular flexibility index (Phi) is 5.19. The Morgan fingerprint density at radius 3 is 2.53 bits per heavy atom. The topological polar surface area (TPSA) is 104 Å². The maximum absolute atomic E-state index is 11.6. The predicted molar refractivity (Wildman–Crippen MR) is 140 cm³/mol. The normalized spacial score (nSPS) is 11.2. The standard InChI is InChI=1S/C28H23N7O/c1-18(36)31-23-9-3-2-8-21(23)24-13-14-27(33-32-24)35-26-12-5-4-11-25(26)34(28(35)29)17-19-7-6-10-22-20(19)15-16-30-22/h2-16,29-30H,17H2,1H3,(H,31,36). The third-order valence-electron chi connectivity index (χ3n) is 6.29. The van der Waals surface area contributed by atoms with Crippen LogP contribution < -0.4 is 10.9 Å². The van der Waals surface area contributed by atoms with Gasteiger partial charge in [-0.3, -0.25) is 14.8 Å². The van der Waals surface area contributed by atoms with Gasteiger partial charge in [-0.2, -0.15) is 0 Å². The molecular formula is C28H23N7O. The van der Waals surface area contributed by atoms with Gasteiger partial charge in [-0.1, -0.05) is 42.5 Å². The van der Waals surface area contributed by atoms with Crippen molar-refractivity contribution in [2.24, 2.45) is 0 Å². The fourth-order valence-electron chi connectivity index (χ4n) is 4.67. The van der Waals surface area contributed by atoms with Gasteiger partial charge >= 0.3 is 0 Å². The number of anilines is 1. The maximum Gasteiger partial charge on any atom is 0.221 e. The van der Waals surface area contributed by atoms with Crippen LogP contribution in [0.25, 0.3) is 39.0 Å². The van der Waals surface area contributed by atoms with Crippen LogP contribution in [0, 0.1) is 5.41 Å². The first-order chi connectivity index (χ1) is 17.6. The molecule has 0 unspecified atom stereocenters. The zero-order valence-corrected chi connectivity index (χ0v) is 19.6. The van der Waals surface area contributed by atoms with Crippen LogP contribution in [0.3, 0.4) is 0 Å². The number of fused-ring (bicyclic) bond motifs is 2. The van der Waals surface area contributed by atoms with Crippen molar-refractivity contribution in [1.82, 2.24) is 24.3 Å². The lowest BCUT2D eigenvalue weighted by Crippen LogP contribution is -2.24. The molecule has 36 heavy (non-hydrogen) atoms. The number of amides is 1. The number of aromatic nitrogens is 5. The molecule has 6 aromatic rings. The van der Waals surface area contributed by atoms with Gasteiger partial charge in [0.1, 0.15) is 0 Å². The van der Waals surface area contributed by atoms with Crippen molar-refractivity contribution in [2.75, 3.05) is 5.32 Å². The number of imidazole rings is 1. The van der Waals surface area contributed by atoms with Crippen LogP contribution in [-0.4, -0.2) is 30.2 Å². The summed E-state index contributed by atoms with van der Waals surface area (Å²) in [6.45, 7) is 2.03. The van der Waals surface area contributed by atoms with Gasteiger partial charge in [-0.15, -0.1) is 10.2 Å². The molecule has 0 aliphatic rings. The van der Waals surface area contributed by atoms with Gasteiger partial charge in [0.2, 0.25) is 11.5 Å². The second-order valence-corrected chi connectivity index (χ2v) is 8.59. The fraction of sp³-hybridized carbons (Fsp3) is 0.0714. The number of nitrogens with zero attached hydrogens (tertiary/aromatic N) is 4. The number of rotatable bonds is 5. The number of carbonyl (C=O) groups is 1. The van der Waals surface area contributed by atoms with Crippen LogP contribution in [0.1, 0.15) is 12.5 Å². The molecule has 0 atom stereocenters. The van der Waals surface area contributed by atoms with Crippen molar-refractivity contribution in [3.8, 4) is 17.1 Å². The number of aromatic amines is 1. The lowest BCUT2D eigenvalue weighted by atomic mass is 10.1. The molecule has 8 nitrogen and oxygen atoms in total. The minimum absolute atomic E-state index is 0.149. The van der Waals surface area contributed by atoms with Crippen molar-refractivity contribution in [2.45, 2.75) is 13.5 Å². The van der Waals surface area contributed by atoms with E-state index in [4.69, 9.17) is 5.41 Å². The summed E-state index contributed by atoms with van der Waals surface area (Å²) in [6.07, 6.45) is 1.94.